The fourth-order valence-electron chi connectivity index (χ4n) is 4.20. The molecule has 1 aromatic heterocycles. The van der Waals surface area contributed by atoms with Crippen molar-refractivity contribution in [1.82, 2.24) is 15.2 Å². The van der Waals surface area contributed by atoms with E-state index in [9.17, 15) is 19.1 Å². The van der Waals surface area contributed by atoms with E-state index in [-0.39, 0.29) is 41.5 Å². The zero-order chi connectivity index (χ0) is 25.7. The van der Waals surface area contributed by atoms with E-state index < -0.39 is 6.09 Å². The fraction of sp³-hybridized carbons (Fsp3) is 0.360. The molecule has 2 amide bonds. The molecule has 0 radical (unpaired) electrons. The van der Waals surface area contributed by atoms with Crippen LogP contribution < -0.4 is 15.4 Å². The lowest BCUT2D eigenvalue weighted by molar-refractivity contribution is -0.117. The van der Waals surface area contributed by atoms with Crippen LogP contribution in [0.1, 0.15) is 30.4 Å². The summed E-state index contributed by atoms with van der Waals surface area (Å²) in [5.74, 6) is 0.147. The van der Waals surface area contributed by atoms with Gasteiger partial charge in [0.15, 0.2) is 0 Å². The summed E-state index contributed by atoms with van der Waals surface area (Å²) in [6.07, 6.45) is 4.17. The maximum Gasteiger partial charge on any atom is 0.407 e. The Morgan fingerprint density at radius 3 is 3.00 bits per heavy atom. The Labute approximate surface area is 213 Å². The first-order valence-electron chi connectivity index (χ1n) is 11.6. The van der Waals surface area contributed by atoms with Crippen LogP contribution in [0.3, 0.4) is 0 Å². The van der Waals surface area contributed by atoms with Crippen molar-refractivity contribution in [3.05, 3.63) is 64.9 Å². The Balaban J connectivity index is 1.47. The number of halogens is 1. The van der Waals surface area contributed by atoms with Crippen LogP contribution in [-0.4, -0.2) is 57.7 Å². The number of rotatable bonds is 8. The van der Waals surface area contributed by atoms with Crippen LogP contribution in [0.25, 0.3) is 0 Å². The Bertz CT molecular complexity index is 1200. The molecule has 11 heteroatoms. The molecule has 0 spiro atoms. The van der Waals surface area contributed by atoms with Crippen LogP contribution in [0.2, 0.25) is 0 Å². The van der Waals surface area contributed by atoms with E-state index in [1.54, 1.807) is 37.5 Å². The third-order valence-electron chi connectivity index (χ3n) is 6.21. The summed E-state index contributed by atoms with van der Waals surface area (Å²) < 4.78 is 25.9. The first-order valence-corrected chi connectivity index (χ1v) is 12.0. The number of hydrogen-bond donors (Lipinski definition) is 3. The lowest BCUT2D eigenvalue weighted by Crippen LogP contribution is -2.38. The molecule has 1 atom stereocenters. The highest BCUT2D eigenvalue weighted by Gasteiger charge is 2.29. The topological polar surface area (TPSA) is 113 Å². The molecule has 0 bridgehead atoms. The zero-order valence-electron chi connectivity index (χ0n) is 19.8. The molecule has 36 heavy (non-hydrogen) atoms. The number of pyridine rings is 1. The summed E-state index contributed by atoms with van der Waals surface area (Å²) in [6, 6.07) is 6.12. The van der Waals surface area contributed by atoms with Gasteiger partial charge >= 0.3 is 6.09 Å². The number of amides is 2. The summed E-state index contributed by atoms with van der Waals surface area (Å²) in [5.41, 5.74) is 1.75. The fourth-order valence-corrected chi connectivity index (χ4v) is 4.52. The number of carbonyl (C=O) groups excluding carboxylic acids is 1. The van der Waals surface area contributed by atoms with Crippen molar-refractivity contribution in [1.29, 1.82) is 0 Å². The molecule has 190 valence electrons. The minimum absolute atomic E-state index is 0.0961. The normalized spacial score (nSPS) is 17.6. The summed E-state index contributed by atoms with van der Waals surface area (Å²) >= 11 is 5.49. The number of carbonyl (C=O) groups is 2. The van der Waals surface area contributed by atoms with Gasteiger partial charge in [0, 0.05) is 42.5 Å². The van der Waals surface area contributed by atoms with Crippen LogP contribution in [-0.2, 0) is 16.1 Å². The maximum atomic E-state index is 13.9. The predicted molar refractivity (Wildman–Crippen MR) is 134 cm³/mol. The summed E-state index contributed by atoms with van der Waals surface area (Å²) in [6.45, 7) is 2.82. The zero-order valence-corrected chi connectivity index (χ0v) is 20.6. The second-order valence-corrected chi connectivity index (χ2v) is 8.93. The van der Waals surface area contributed by atoms with Gasteiger partial charge in [-0.1, -0.05) is 18.3 Å². The van der Waals surface area contributed by atoms with Crippen molar-refractivity contribution in [3.63, 3.8) is 0 Å². The molecule has 0 unspecified atom stereocenters. The lowest BCUT2D eigenvalue weighted by atomic mass is 10.1. The number of anilines is 1. The molecule has 2 aromatic rings. The van der Waals surface area contributed by atoms with E-state index in [4.69, 9.17) is 21.7 Å². The van der Waals surface area contributed by atoms with Gasteiger partial charge in [-0.3, -0.25) is 9.78 Å². The first-order chi connectivity index (χ1) is 17.3. The molecule has 0 saturated carbocycles. The van der Waals surface area contributed by atoms with Crippen molar-refractivity contribution < 1.29 is 28.6 Å². The van der Waals surface area contributed by atoms with Gasteiger partial charge in [0.1, 0.15) is 41.1 Å². The minimum Gasteiger partial charge on any atom is -0.492 e. The predicted octanol–water partition coefficient (Wildman–Crippen LogP) is 3.78. The average Bonchev–Trinajstić information content (AvgIpc) is 3.34. The highest BCUT2D eigenvalue weighted by Crippen LogP contribution is 2.26. The molecule has 1 fully saturated rings. The molecule has 3 N–H and O–H groups in total. The second-order valence-electron chi connectivity index (χ2n) is 8.53. The van der Waals surface area contributed by atoms with Gasteiger partial charge in [0.25, 0.3) is 5.91 Å². The number of carboxylic acid groups (broad SMARTS) is 1. The SMILES string of the molecule is Cc1c(F)cccc1NC(=S)C1=C(OCc2ccncc2OC[C@@H]2CCCN2C(=O)O)CCNC1=O. The van der Waals surface area contributed by atoms with Crippen LogP contribution >= 0.6 is 12.2 Å². The number of nitrogens with zero attached hydrogens (tertiary/aromatic N) is 2. The number of nitrogens with one attached hydrogen (secondary N) is 2. The highest BCUT2D eigenvalue weighted by atomic mass is 32.1. The van der Waals surface area contributed by atoms with Crippen LogP contribution in [0.4, 0.5) is 14.9 Å². The Morgan fingerprint density at radius 2 is 2.19 bits per heavy atom. The number of hydrogen-bond acceptors (Lipinski definition) is 6. The number of thiocarbonyl (C=S) groups is 1. The van der Waals surface area contributed by atoms with Crippen molar-refractivity contribution in [2.24, 2.45) is 0 Å². The monoisotopic (exact) mass is 514 g/mol. The molecular weight excluding hydrogens is 487 g/mol. The van der Waals surface area contributed by atoms with Gasteiger partial charge in [-0.05, 0) is 38.0 Å². The summed E-state index contributed by atoms with van der Waals surface area (Å²) in [4.78, 5) is 29.7. The second kappa shape index (κ2) is 11.3. The van der Waals surface area contributed by atoms with Gasteiger partial charge in [0.05, 0.1) is 12.2 Å². The quantitative estimate of drug-likeness (QED) is 0.456. The molecular formula is C25H27FN4O5S. The van der Waals surface area contributed by atoms with E-state index in [0.717, 1.165) is 12.8 Å². The molecule has 0 aliphatic carbocycles. The Kier molecular flexibility index (Phi) is 7.99. The van der Waals surface area contributed by atoms with Crippen LogP contribution in [0.5, 0.6) is 5.75 Å². The standard InChI is InChI=1S/C25H27FN4O5S/c1-15-18(26)5-2-6-19(15)29-24(36)22-20(8-10-28-23(22)31)34-13-16-7-9-27-12-21(16)35-14-17-4-3-11-30(17)25(32)33/h2,5-7,9,12,17H,3-4,8,10-11,13-14H2,1H3,(H,28,31)(H,29,36)(H,32,33)/t17-/m0/s1. The Morgan fingerprint density at radius 1 is 1.36 bits per heavy atom. The highest BCUT2D eigenvalue weighted by molar-refractivity contribution is 7.81. The minimum atomic E-state index is -0.955. The van der Waals surface area contributed by atoms with Gasteiger partial charge in [-0.2, -0.15) is 0 Å². The third kappa shape index (κ3) is 5.73. The first kappa shape index (κ1) is 25.4. The van der Waals surface area contributed by atoms with Gasteiger partial charge < -0.3 is 30.1 Å². The number of benzene rings is 1. The average molecular weight is 515 g/mol. The van der Waals surface area contributed by atoms with Crippen molar-refractivity contribution in [2.45, 2.75) is 38.8 Å². The number of likely N-dealkylation sites (tertiary alicyclic amines) is 1. The number of aromatic nitrogens is 1. The van der Waals surface area contributed by atoms with Crippen LogP contribution in [0, 0.1) is 12.7 Å². The summed E-state index contributed by atoms with van der Waals surface area (Å²) in [7, 11) is 0. The van der Waals surface area contributed by atoms with E-state index in [1.807, 2.05) is 0 Å². The molecule has 2 aliphatic rings. The maximum absolute atomic E-state index is 13.9. The molecule has 1 aromatic carbocycles. The molecule has 2 aliphatic heterocycles. The third-order valence-corrected chi connectivity index (χ3v) is 6.52. The molecule has 4 rings (SSSR count). The number of ether oxygens (including phenoxy) is 2. The van der Waals surface area contributed by atoms with E-state index in [1.165, 1.54) is 11.0 Å². The molecule has 9 nitrogen and oxygen atoms in total. The van der Waals surface area contributed by atoms with Crippen LogP contribution in [0.15, 0.2) is 48.0 Å². The van der Waals surface area contributed by atoms with Gasteiger partial charge in [0.2, 0.25) is 0 Å². The summed E-state index contributed by atoms with van der Waals surface area (Å²) in [5, 5.41) is 15.1. The lowest BCUT2D eigenvalue weighted by Gasteiger charge is -2.24. The van der Waals surface area contributed by atoms with Crippen molar-refractivity contribution in [2.75, 3.05) is 25.0 Å². The van der Waals surface area contributed by atoms with E-state index in [0.29, 0.717) is 47.8 Å². The van der Waals surface area contributed by atoms with Gasteiger partial charge in [-0.15, -0.1) is 0 Å². The van der Waals surface area contributed by atoms with Crippen molar-refractivity contribution >= 4 is 34.9 Å². The molecule has 1 saturated heterocycles. The van der Waals surface area contributed by atoms with E-state index in [2.05, 4.69) is 15.6 Å². The van der Waals surface area contributed by atoms with Gasteiger partial charge in [-0.25, -0.2) is 9.18 Å². The Hall–Kier alpha value is -3.73. The molecule has 3 heterocycles. The smallest absolute Gasteiger partial charge is 0.407 e. The van der Waals surface area contributed by atoms with Crippen molar-refractivity contribution in [3.8, 4) is 5.75 Å². The largest absolute Gasteiger partial charge is 0.492 e. The van der Waals surface area contributed by atoms with E-state index >= 15 is 0 Å².